The lowest BCUT2D eigenvalue weighted by molar-refractivity contribution is 0.531. The molecule has 3 heteroatoms. The Balaban J connectivity index is 3.12. The van der Waals surface area contributed by atoms with Crippen molar-refractivity contribution in [2.24, 2.45) is 0 Å². The van der Waals surface area contributed by atoms with Crippen LogP contribution in [0.4, 0.5) is 8.78 Å². The Kier molecular flexibility index (Phi) is 1.11. The summed E-state index contributed by atoms with van der Waals surface area (Å²) in [5, 5.41) is 0. The van der Waals surface area contributed by atoms with Crippen LogP contribution in [0.5, 0.6) is 0 Å². The first-order chi connectivity index (χ1) is 3.30. The van der Waals surface area contributed by atoms with Crippen molar-refractivity contribution in [3.05, 3.63) is 23.2 Å². The highest BCUT2D eigenvalue weighted by molar-refractivity contribution is 7.28. The largest absolute Gasteiger partial charge is 0.203 e. The first kappa shape index (κ1) is 4.79. The van der Waals surface area contributed by atoms with Gasteiger partial charge in [0.1, 0.15) is 0 Å². The molecule has 0 saturated heterocycles. The zero-order chi connectivity index (χ0) is 5.28. The predicted molar refractivity (Wildman–Crippen MR) is 25.9 cm³/mol. The summed E-state index contributed by atoms with van der Waals surface area (Å²) >= 11 is 0. The van der Waals surface area contributed by atoms with Gasteiger partial charge in [0.05, 0.1) is 0 Å². The van der Waals surface area contributed by atoms with Crippen LogP contribution in [0.25, 0.3) is 0 Å². The molecule has 0 aliphatic carbocycles. The number of halogens is 2. The smallest absolute Gasteiger partial charge is 0.173 e. The van der Waals surface area contributed by atoms with Crippen molar-refractivity contribution in [1.29, 1.82) is 0 Å². The van der Waals surface area contributed by atoms with Gasteiger partial charge in [-0.25, -0.2) is 4.39 Å². The zero-order valence-electron chi connectivity index (χ0n) is 3.41. The van der Waals surface area contributed by atoms with Gasteiger partial charge >= 0.3 is 0 Å². The van der Waals surface area contributed by atoms with Crippen molar-refractivity contribution in [2.75, 3.05) is 0 Å². The number of rotatable bonds is 0. The van der Waals surface area contributed by atoms with Gasteiger partial charge in [0, 0.05) is 0 Å². The molecule has 0 radical (unpaired) electrons. The van der Waals surface area contributed by atoms with E-state index in [2.05, 4.69) is 0 Å². The van der Waals surface area contributed by atoms with Crippen LogP contribution in [-0.2, 0) is 0 Å². The minimum Gasteiger partial charge on any atom is -0.203 e. The van der Waals surface area contributed by atoms with Crippen LogP contribution < -0.4 is 0 Å². The molecule has 7 heavy (non-hydrogen) atoms. The summed E-state index contributed by atoms with van der Waals surface area (Å²) in [4.78, 5) is 0. The first-order valence-electron chi connectivity index (χ1n) is 1.79. The first-order valence-corrected chi connectivity index (χ1v) is 2.87. The molecule has 0 fully saturated rings. The maximum absolute atomic E-state index is 11.8. The van der Waals surface area contributed by atoms with E-state index in [0.29, 0.717) is 0 Å². The van der Waals surface area contributed by atoms with Crippen LogP contribution in [0.2, 0.25) is 0 Å². The van der Waals surface area contributed by atoms with E-state index < -0.39 is 11.4 Å². The third-order valence-electron chi connectivity index (χ3n) is 0.649. The summed E-state index contributed by atoms with van der Waals surface area (Å²) < 4.78 is 23.5. The molecule has 1 aromatic rings. The summed E-state index contributed by atoms with van der Waals surface area (Å²) in [5.74, 6) is 0.767. The lowest BCUT2D eigenvalue weighted by atomic mass is 10.6. The molecular formula is C4H3F2P. The lowest BCUT2D eigenvalue weighted by Crippen LogP contribution is -1.63. The molecule has 1 heterocycles. The number of hydrogen-bond donors (Lipinski definition) is 0. The average Bonchev–Trinajstić information content (AvgIpc) is 1.91. The quantitative estimate of drug-likeness (QED) is 0.491. The van der Waals surface area contributed by atoms with E-state index in [1.807, 2.05) is 0 Å². The summed E-state index contributed by atoms with van der Waals surface area (Å²) in [6.45, 7) is 0. The Morgan fingerprint density at radius 1 is 1.43 bits per heavy atom. The van der Waals surface area contributed by atoms with Crippen molar-refractivity contribution in [3.63, 3.8) is 0 Å². The van der Waals surface area contributed by atoms with Gasteiger partial charge in [-0.15, -0.1) is 0 Å². The van der Waals surface area contributed by atoms with Crippen LogP contribution in [0.1, 0.15) is 0 Å². The van der Waals surface area contributed by atoms with E-state index in [1.165, 1.54) is 5.80 Å². The van der Waals surface area contributed by atoms with E-state index in [4.69, 9.17) is 0 Å². The average molecular weight is 120 g/mol. The monoisotopic (exact) mass is 120 g/mol. The molecule has 1 aromatic heterocycles. The van der Waals surface area contributed by atoms with Gasteiger partial charge in [0.25, 0.3) is 0 Å². The second kappa shape index (κ2) is 1.63. The van der Waals surface area contributed by atoms with Crippen LogP contribution in [-0.4, -0.2) is 0 Å². The summed E-state index contributed by atoms with van der Waals surface area (Å²) in [5.41, 5.74) is -0.625. The molecule has 1 rings (SSSR count). The fourth-order valence-corrected chi connectivity index (χ4v) is 0.927. The van der Waals surface area contributed by atoms with Crippen molar-refractivity contribution in [1.82, 2.24) is 0 Å². The topological polar surface area (TPSA) is 0 Å². The second-order valence-corrected chi connectivity index (χ2v) is 2.20. The van der Waals surface area contributed by atoms with Gasteiger partial charge < -0.3 is 0 Å². The van der Waals surface area contributed by atoms with Crippen LogP contribution >= 0.6 is 8.19 Å². The van der Waals surface area contributed by atoms with Gasteiger partial charge in [-0.2, -0.15) is 4.39 Å². The molecule has 0 bridgehead atoms. The van der Waals surface area contributed by atoms with Crippen molar-refractivity contribution >= 4 is 8.19 Å². The summed E-state index contributed by atoms with van der Waals surface area (Å²) in [6, 6.07) is 1.15. The van der Waals surface area contributed by atoms with Crippen molar-refractivity contribution < 1.29 is 8.78 Å². The minimum atomic E-state index is -0.710. The molecule has 1 unspecified atom stereocenters. The van der Waals surface area contributed by atoms with Crippen LogP contribution in [0, 0.1) is 11.4 Å². The maximum Gasteiger partial charge on any atom is 0.173 e. The van der Waals surface area contributed by atoms with E-state index in [0.717, 1.165) is 6.07 Å². The van der Waals surface area contributed by atoms with Crippen molar-refractivity contribution in [3.8, 4) is 0 Å². The predicted octanol–water partition coefficient (Wildman–Crippen LogP) is 2.00. The molecule has 0 aromatic carbocycles. The highest BCUT2D eigenvalue weighted by Gasteiger charge is 1.95. The van der Waals surface area contributed by atoms with Crippen LogP contribution in [0.3, 0.4) is 0 Å². The molecule has 0 N–H and O–H groups in total. The summed E-state index contributed by atoms with van der Waals surface area (Å²) in [6.07, 6.45) is 0. The highest BCUT2D eigenvalue weighted by atomic mass is 31.0. The number of hydrogen-bond acceptors (Lipinski definition) is 0. The molecule has 0 amide bonds. The normalized spacial score (nSPS) is 10.6. The van der Waals surface area contributed by atoms with Gasteiger partial charge in [-0.3, -0.25) is 0 Å². The molecule has 1 atom stereocenters. The van der Waals surface area contributed by atoms with E-state index in [9.17, 15) is 8.78 Å². The minimum absolute atomic E-state index is 0.0799. The Morgan fingerprint density at radius 2 is 2.14 bits per heavy atom. The maximum atomic E-state index is 11.8. The molecule has 0 aliphatic heterocycles. The molecule has 0 nitrogen and oxygen atoms in total. The van der Waals surface area contributed by atoms with Gasteiger partial charge in [0.15, 0.2) is 11.4 Å². The van der Waals surface area contributed by atoms with E-state index in [1.54, 1.807) is 0 Å². The molecule has 0 aliphatic rings. The third kappa shape index (κ3) is 0.804. The fourth-order valence-electron chi connectivity index (χ4n) is 0.330. The standard InChI is InChI=1S/C4H3F2P/c5-3-1-2-7-4(3)6/h1-2,7H. The van der Waals surface area contributed by atoms with E-state index >= 15 is 0 Å². The van der Waals surface area contributed by atoms with Gasteiger partial charge in [-0.1, -0.05) is 8.19 Å². The molecule has 0 saturated carbocycles. The van der Waals surface area contributed by atoms with E-state index in [-0.39, 0.29) is 8.19 Å². The second-order valence-electron chi connectivity index (χ2n) is 1.14. The zero-order valence-corrected chi connectivity index (χ0v) is 4.41. The lowest BCUT2D eigenvalue weighted by Gasteiger charge is -1.71. The Labute approximate surface area is 41.2 Å². The molecule has 0 spiro atoms. The Morgan fingerprint density at radius 3 is 2.29 bits per heavy atom. The molecular weight excluding hydrogens is 117 g/mol. The summed E-state index contributed by atoms with van der Waals surface area (Å²) in [7, 11) is -0.0799. The fraction of sp³-hybridized carbons (Fsp3) is 0. The van der Waals surface area contributed by atoms with Crippen LogP contribution in [0.15, 0.2) is 11.9 Å². The SMILES string of the molecule is Fc1cc[pH]c1F. The molecule has 38 valence electrons. The van der Waals surface area contributed by atoms with Gasteiger partial charge in [-0.05, 0) is 11.9 Å². The Hall–Kier alpha value is -0.360. The Bertz CT molecular complexity index is 142. The highest BCUT2D eigenvalue weighted by Crippen LogP contribution is 2.15. The van der Waals surface area contributed by atoms with Crippen molar-refractivity contribution in [2.45, 2.75) is 0 Å². The van der Waals surface area contributed by atoms with Gasteiger partial charge in [0.2, 0.25) is 0 Å². The third-order valence-corrected chi connectivity index (χ3v) is 1.48.